The molecule has 0 aromatic heterocycles. The fraction of sp³-hybridized carbons (Fsp3) is 0.0400. The lowest BCUT2D eigenvalue weighted by Crippen LogP contribution is -2.06. The molecular formula is C25H18N2O. The van der Waals surface area contributed by atoms with Crippen molar-refractivity contribution in [2.24, 2.45) is 0 Å². The van der Waals surface area contributed by atoms with Crippen LogP contribution in [0, 0.1) is 0 Å². The van der Waals surface area contributed by atoms with Crippen LogP contribution in [0.4, 0.5) is 22.7 Å². The van der Waals surface area contributed by atoms with E-state index in [0.717, 1.165) is 34.9 Å². The third-order valence-electron chi connectivity index (χ3n) is 5.47. The molecule has 0 bridgehead atoms. The highest BCUT2D eigenvalue weighted by Gasteiger charge is 2.18. The van der Waals surface area contributed by atoms with Crippen molar-refractivity contribution in [1.82, 2.24) is 0 Å². The topological polar surface area (TPSA) is 33.3 Å². The van der Waals surface area contributed by atoms with Crippen LogP contribution in [0.15, 0.2) is 84.9 Å². The summed E-state index contributed by atoms with van der Waals surface area (Å²) in [6, 6.07) is 29.5. The van der Waals surface area contributed by atoms with Crippen LogP contribution < -0.4 is 15.4 Å². The van der Waals surface area contributed by atoms with Crippen LogP contribution in [0.25, 0.3) is 11.1 Å². The van der Waals surface area contributed by atoms with Gasteiger partial charge < -0.3 is 15.4 Å². The van der Waals surface area contributed by atoms with Crippen LogP contribution >= 0.6 is 0 Å². The second kappa shape index (κ2) is 5.89. The number of hydrogen-bond donors (Lipinski definition) is 2. The van der Waals surface area contributed by atoms with E-state index in [0.29, 0.717) is 0 Å². The molecule has 2 heterocycles. The van der Waals surface area contributed by atoms with Crippen molar-refractivity contribution in [3.05, 3.63) is 96.1 Å². The molecule has 6 rings (SSSR count). The molecule has 0 radical (unpaired) electrons. The van der Waals surface area contributed by atoms with Gasteiger partial charge in [0.1, 0.15) is 0 Å². The van der Waals surface area contributed by atoms with Crippen molar-refractivity contribution in [3.63, 3.8) is 0 Å². The number of hydrogen-bond acceptors (Lipinski definition) is 3. The number of anilines is 4. The van der Waals surface area contributed by atoms with Crippen LogP contribution in [0.3, 0.4) is 0 Å². The molecule has 0 unspecified atom stereocenters. The highest BCUT2D eigenvalue weighted by atomic mass is 16.5. The van der Waals surface area contributed by atoms with E-state index in [1.807, 2.05) is 30.3 Å². The normalized spacial score (nSPS) is 13.0. The summed E-state index contributed by atoms with van der Waals surface area (Å²) in [6.07, 6.45) is 0.967. The highest BCUT2D eigenvalue weighted by molar-refractivity contribution is 5.82. The first-order chi connectivity index (χ1) is 13.8. The van der Waals surface area contributed by atoms with Crippen LogP contribution in [-0.4, -0.2) is 0 Å². The lowest BCUT2D eigenvalue weighted by molar-refractivity contribution is 0.481. The van der Waals surface area contributed by atoms with Crippen molar-refractivity contribution in [1.29, 1.82) is 0 Å². The Bertz CT molecular complexity index is 1130. The fourth-order valence-electron chi connectivity index (χ4n) is 3.99. The summed E-state index contributed by atoms with van der Waals surface area (Å²) in [5.74, 6) is 1.71. The largest absolute Gasteiger partial charge is 0.453 e. The van der Waals surface area contributed by atoms with Crippen LogP contribution in [0.5, 0.6) is 11.5 Å². The van der Waals surface area contributed by atoms with E-state index in [9.17, 15) is 0 Å². The van der Waals surface area contributed by atoms with Gasteiger partial charge in [-0.05, 0) is 58.7 Å². The van der Waals surface area contributed by atoms with Gasteiger partial charge in [-0.25, -0.2) is 0 Å². The summed E-state index contributed by atoms with van der Waals surface area (Å²) < 4.78 is 6.02. The van der Waals surface area contributed by atoms with E-state index in [4.69, 9.17) is 4.74 Å². The minimum Gasteiger partial charge on any atom is -0.453 e. The summed E-state index contributed by atoms with van der Waals surface area (Å²) in [7, 11) is 0. The molecule has 134 valence electrons. The summed E-state index contributed by atoms with van der Waals surface area (Å²) in [4.78, 5) is 0. The fourth-order valence-corrected chi connectivity index (χ4v) is 3.99. The molecule has 0 amide bonds. The number of benzene rings is 4. The van der Waals surface area contributed by atoms with E-state index < -0.39 is 0 Å². The van der Waals surface area contributed by atoms with Gasteiger partial charge in [-0.2, -0.15) is 0 Å². The monoisotopic (exact) mass is 362 g/mol. The molecule has 0 saturated heterocycles. The van der Waals surface area contributed by atoms with Gasteiger partial charge in [-0.1, -0.05) is 48.5 Å². The summed E-state index contributed by atoms with van der Waals surface area (Å²) in [5.41, 5.74) is 9.40. The lowest BCUT2D eigenvalue weighted by atomic mass is 9.94. The van der Waals surface area contributed by atoms with Crippen molar-refractivity contribution in [3.8, 4) is 22.6 Å². The Morgan fingerprint density at radius 2 is 1.18 bits per heavy atom. The van der Waals surface area contributed by atoms with Gasteiger partial charge in [0.2, 0.25) is 0 Å². The molecule has 2 N–H and O–H groups in total. The van der Waals surface area contributed by atoms with Crippen molar-refractivity contribution >= 4 is 22.7 Å². The summed E-state index contributed by atoms with van der Waals surface area (Å²) in [5, 5.41) is 7.07. The molecule has 0 saturated carbocycles. The molecule has 4 aromatic rings. The first kappa shape index (κ1) is 15.3. The molecule has 0 fully saturated rings. The van der Waals surface area contributed by atoms with Gasteiger partial charge in [-0.15, -0.1) is 0 Å². The quantitative estimate of drug-likeness (QED) is 0.335. The number of para-hydroxylation sites is 3. The maximum absolute atomic E-state index is 6.02. The Morgan fingerprint density at radius 3 is 2.11 bits per heavy atom. The number of fused-ring (bicyclic) bond motifs is 4. The van der Waals surface area contributed by atoms with E-state index >= 15 is 0 Å². The van der Waals surface area contributed by atoms with Gasteiger partial charge in [0.05, 0.1) is 11.4 Å². The second-order valence-corrected chi connectivity index (χ2v) is 7.27. The zero-order valence-electron chi connectivity index (χ0n) is 15.2. The maximum atomic E-state index is 6.02. The van der Waals surface area contributed by atoms with Gasteiger partial charge in [0.15, 0.2) is 11.5 Å². The number of ether oxygens (including phenoxy) is 1. The first-order valence-electron chi connectivity index (χ1n) is 9.50. The molecule has 0 atom stereocenters. The molecule has 3 heteroatoms. The third kappa shape index (κ3) is 2.44. The minimum atomic E-state index is 0.854. The van der Waals surface area contributed by atoms with Crippen molar-refractivity contribution in [2.75, 3.05) is 10.6 Å². The molecular weight excluding hydrogens is 344 g/mol. The number of nitrogens with one attached hydrogen (secondary N) is 2. The van der Waals surface area contributed by atoms with Crippen LogP contribution in [0.1, 0.15) is 11.1 Å². The molecule has 2 aliphatic heterocycles. The number of rotatable bonds is 1. The Hall–Kier alpha value is -3.72. The zero-order valence-corrected chi connectivity index (χ0v) is 15.2. The predicted molar refractivity (Wildman–Crippen MR) is 114 cm³/mol. The third-order valence-corrected chi connectivity index (χ3v) is 5.47. The highest BCUT2D eigenvalue weighted by Crippen LogP contribution is 2.43. The second-order valence-electron chi connectivity index (χ2n) is 7.27. The first-order valence-corrected chi connectivity index (χ1v) is 9.50. The SMILES string of the molecule is c1ccc2c(c1)Cc1ccc(-c3ccc4c(c3)Nc3ccccc3O4)cc1N2. The lowest BCUT2D eigenvalue weighted by Gasteiger charge is -2.23. The molecule has 4 aromatic carbocycles. The smallest absolute Gasteiger partial charge is 0.151 e. The van der Waals surface area contributed by atoms with Gasteiger partial charge in [0.25, 0.3) is 0 Å². The Morgan fingerprint density at radius 1 is 0.536 bits per heavy atom. The average molecular weight is 362 g/mol. The molecule has 28 heavy (non-hydrogen) atoms. The van der Waals surface area contributed by atoms with E-state index in [-0.39, 0.29) is 0 Å². The predicted octanol–water partition coefficient (Wildman–Crippen LogP) is 6.85. The van der Waals surface area contributed by atoms with E-state index in [2.05, 4.69) is 65.2 Å². The van der Waals surface area contributed by atoms with Crippen LogP contribution in [-0.2, 0) is 6.42 Å². The van der Waals surface area contributed by atoms with Gasteiger partial charge in [-0.3, -0.25) is 0 Å². The molecule has 0 spiro atoms. The maximum Gasteiger partial charge on any atom is 0.151 e. The Balaban J connectivity index is 1.36. The average Bonchev–Trinajstić information content (AvgIpc) is 2.75. The molecule has 0 aliphatic carbocycles. The van der Waals surface area contributed by atoms with Crippen molar-refractivity contribution in [2.45, 2.75) is 6.42 Å². The van der Waals surface area contributed by atoms with Crippen LogP contribution in [0.2, 0.25) is 0 Å². The molecule has 2 aliphatic rings. The van der Waals surface area contributed by atoms with E-state index in [1.54, 1.807) is 0 Å². The van der Waals surface area contributed by atoms with Gasteiger partial charge in [0, 0.05) is 17.8 Å². The van der Waals surface area contributed by atoms with Gasteiger partial charge >= 0.3 is 0 Å². The molecule has 3 nitrogen and oxygen atoms in total. The summed E-state index contributed by atoms with van der Waals surface area (Å²) in [6.45, 7) is 0. The van der Waals surface area contributed by atoms with Crippen molar-refractivity contribution < 1.29 is 4.74 Å². The Labute approximate surface area is 163 Å². The standard InChI is InChI=1S/C25H18N2O/c1-2-6-20-18(5-1)13-19-10-9-16(14-22(19)26-20)17-11-12-25-23(15-17)27-21-7-3-4-8-24(21)28-25/h1-12,14-15,26-27H,13H2. The zero-order chi connectivity index (χ0) is 18.5. The van der Waals surface area contributed by atoms with E-state index in [1.165, 1.54) is 28.1 Å². The Kier molecular flexibility index (Phi) is 3.23. The minimum absolute atomic E-state index is 0.854. The summed E-state index contributed by atoms with van der Waals surface area (Å²) >= 11 is 0.